The monoisotopic (exact) mass is 358 g/mol. The van der Waals surface area contributed by atoms with E-state index in [0.29, 0.717) is 12.0 Å². The molecular weight excluding hydrogens is 345 g/mol. The van der Waals surface area contributed by atoms with Crippen LogP contribution in [0.2, 0.25) is 0 Å². The van der Waals surface area contributed by atoms with Crippen LogP contribution < -0.4 is 5.32 Å². The van der Waals surface area contributed by atoms with E-state index in [2.05, 4.69) is 26.2 Å². The minimum Gasteiger partial charge on any atom is -0.313 e. The molecule has 0 bridgehead atoms. The number of alkyl halides is 3. The van der Waals surface area contributed by atoms with Crippen LogP contribution in [0.3, 0.4) is 0 Å². The molecule has 1 unspecified atom stereocenters. The average Bonchev–Trinajstić information content (AvgIpc) is 2.46. The number of halogens is 4. The maximum absolute atomic E-state index is 12.8. The van der Waals surface area contributed by atoms with Gasteiger partial charge in [0.2, 0.25) is 0 Å². The SMILES string of the molecule is CNC(Cc1ccc(Br)cn1)c1cccc(C(F)(F)F)c1. The molecule has 0 aliphatic rings. The Bertz CT molecular complexity index is 597. The summed E-state index contributed by atoms with van der Waals surface area (Å²) in [7, 11) is 1.73. The van der Waals surface area contributed by atoms with Crippen LogP contribution in [-0.2, 0) is 12.6 Å². The molecule has 2 rings (SSSR count). The van der Waals surface area contributed by atoms with Crippen molar-refractivity contribution in [2.75, 3.05) is 7.05 Å². The summed E-state index contributed by atoms with van der Waals surface area (Å²) in [6.45, 7) is 0. The summed E-state index contributed by atoms with van der Waals surface area (Å²) < 4.78 is 39.2. The van der Waals surface area contributed by atoms with Gasteiger partial charge in [-0.1, -0.05) is 12.1 Å². The lowest BCUT2D eigenvalue weighted by molar-refractivity contribution is -0.137. The first kappa shape index (κ1) is 16.0. The lowest BCUT2D eigenvalue weighted by Gasteiger charge is -2.18. The molecule has 1 aromatic carbocycles. The number of pyridine rings is 1. The third-order valence-corrected chi connectivity index (χ3v) is 3.64. The Morgan fingerprint density at radius 2 is 2.00 bits per heavy atom. The fourth-order valence-electron chi connectivity index (χ4n) is 2.05. The van der Waals surface area contributed by atoms with Crippen LogP contribution in [0.4, 0.5) is 13.2 Å². The molecule has 21 heavy (non-hydrogen) atoms. The molecule has 1 aromatic heterocycles. The number of likely N-dealkylation sites (N-methyl/N-ethyl adjacent to an activating group) is 1. The highest BCUT2D eigenvalue weighted by atomic mass is 79.9. The third kappa shape index (κ3) is 4.28. The average molecular weight is 359 g/mol. The Hall–Kier alpha value is -1.40. The van der Waals surface area contributed by atoms with E-state index in [0.717, 1.165) is 16.2 Å². The van der Waals surface area contributed by atoms with Crippen LogP contribution in [0.25, 0.3) is 0 Å². The number of aromatic nitrogens is 1. The van der Waals surface area contributed by atoms with Crippen molar-refractivity contribution in [1.82, 2.24) is 10.3 Å². The first-order chi connectivity index (χ1) is 9.90. The summed E-state index contributed by atoms with van der Waals surface area (Å²) >= 11 is 3.30. The van der Waals surface area contributed by atoms with Crippen molar-refractivity contribution in [2.45, 2.75) is 18.6 Å². The predicted octanol–water partition coefficient (Wildman–Crippen LogP) is 4.37. The van der Waals surface area contributed by atoms with Gasteiger partial charge in [-0.3, -0.25) is 4.98 Å². The smallest absolute Gasteiger partial charge is 0.313 e. The number of hydrogen-bond donors (Lipinski definition) is 1. The summed E-state index contributed by atoms with van der Waals surface area (Å²) in [5.41, 5.74) is 0.774. The Balaban J connectivity index is 2.23. The molecule has 2 aromatic rings. The van der Waals surface area contributed by atoms with Gasteiger partial charge in [-0.2, -0.15) is 13.2 Å². The zero-order chi connectivity index (χ0) is 15.5. The van der Waals surface area contributed by atoms with Gasteiger partial charge in [0.05, 0.1) is 5.56 Å². The molecule has 1 atom stereocenters. The van der Waals surface area contributed by atoms with Crippen LogP contribution in [0, 0.1) is 0 Å². The van der Waals surface area contributed by atoms with Gasteiger partial charge in [-0.05, 0) is 52.8 Å². The quantitative estimate of drug-likeness (QED) is 0.877. The molecule has 0 amide bonds. The second kappa shape index (κ2) is 6.58. The van der Waals surface area contributed by atoms with Crippen LogP contribution in [0.15, 0.2) is 47.1 Å². The minimum absolute atomic E-state index is 0.221. The number of nitrogens with zero attached hydrogens (tertiary/aromatic N) is 1. The van der Waals surface area contributed by atoms with E-state index >= 15 is 0 Å². The molecule has 112 valence electrons. The first-order valence-corrected chi connectivity index (χ1v) is 7.14. The van der Waals surface area contributed by atoms with E-state index < -0.39 is 11.7 Å². The molecule has 0 aliphatic heterocycles. The highest BCUT2D eigenvalue weighted by Gasteiger charge is 2.30. The van der Waals surface area contributed by atoms with Gasteiger partial charge < -0.3 is 5.32 Å². The van der Waals surface area contributed by atoms with Crippen LogP contribution >= 0.6 is 15.9 Å². The van der Waals surface area contributed by atoms with Crippen LogP contribution in [0.5, 0.6) is 0 Å². The highest BCUT2D eigenvalue weighted by molar-refractivity contribution is 9.10. The Kier molecular flexibility index (Phi) is 5.00. The largest absolute Gasteiger partial charge is 0.416 e. The lowest BCUT2D eigenvalue weighted by atomic mass is 9.99. The molecule has 0 aliphatic carbocycles. The highest BCUT2D eigenvalue weighted by Crippen LogP contribution is 2.31. The summed E-state index contributed by atoms with van der Waals surface area (Å²) in [5.74, 6) is 0. The number of hydrogen-bond acceptors (Lipinski definition) is 2. The van der Waals surface area contributed by atoms with Crippen molar-refractivity contribution in [2.24, 2.45) is 0 Å². The zero-order valence-corrected chi connectivity index (χ0v) is 12.9. The molecule has 0 saturated carbocycles. The first-order valence-electron chi connectivity index (χ1n) is 6.35. The Morgan fingerprint density at radius 1 is 1.24 bits per heavy atom. The van der Waals surface area contributed by atoms with Crippen molar-refractivity contribution in [3.05, 3.63) is 63.9 Å². The summed E-state index contributed by atoms with van der Waals surface area (Å²) in [6.07, 6.45) is -2.14. The standard InChI is InChI=1S/C15H14BrF3N2/c1-20-14(8-13-6-5-12(16)9-21-13)10-3-2-4-11(7-10)15(17,18)19/h2-7,9,14,20H,8H2,1H3. The Labute approximate surface area is 129 Å². The van der Waals surface area contributed by atoms with Crippen molar-refractivity contribution in [1.29, 1.82) is 0 Å². The Morgan fingerprint density at radius 3 is 2.57 bits per heavy atom. The van der Waals surface area contributed by atoms with E-state index in [4.69, 9.17) is 0 Å². The normalized spacial score (nSPS) is 13.2. The molecule has 0 radical (unpaired) electrons. The maximum atomic E-state index is 12.8. The fourth-order valence-corrected chi connectivity index (χ4v) is 2.29. The van der Waals surface area contributed by atoms with Crippen molar-refractivity contribution in [3.8, 4) is 0 Å². The van der Waals surface area contributed by atoms with Crippen LogP contribution in [-0.4, -0.2) is 12.0 Å². The van der Waals surface area contributed by atoms with Gasteiger partial charge >= 0.3 is 6.18 Å². The molecule has 1 N–H and O–H groups in total. The third-order valence-electron chi connectivity index (χ3n) is 3.17. The van der Waals surface area contributed by atoms with E-state index in [9.17, 15) is 13.2 Å². The summed E-state index contributed by atoms with van der Waals surface area (Å²) in [6, 6.07) is 8.87. The molecule has 1 heterocycles. The lowest BCUT2D eigenvalue weighted by Crippen LogP contribution is -2.20. The van der Waals surface area contributed by atoms with Gasteiger partial charge in [-0.25, -0.2) is 0 Å². The second-order valence-electron chi connectivity index (χ2n) is 4.64. The molecule has 6 heteroatoms. The second-order valence-corrected chi connectivity index (χ2v) is 5.55. The van der Waals surface area contributed by atoms with Gasteiger partial charge in [0.15, 0.2) is 0 Å². The van der Waals surface area contributed by atoms with Crippen LogP contribution in [0.1, 0.15) is 22.9 Å². The maximum Gasteiger partial charge on any atom is 0.416 e. The predicted molar refractivity (Wildman–Crippen MR) is 78.9 cm³/mol. The van der Waals surface area contributed by atoms with E-state index in [1.165, 1.54) is 12.1 Å². The van der Waals surface area contributed by atoms with Crippen molar-refractivity contribution in [3.63, 3.8) is 0 Å². The van der Waals surface area contributed by atoms with Gasteiger partial charge in [0.25, 0.3) is 0 Å². The molecular formula is C15H14BrF3N2. The topological polar surface area (TPSA) is 24.9 Å². The van der Waals surface area contributed by atoms with E-state index in [-0.39, 0.29) is 6.04 Å². The fraction of sp³-hybridized carbons (Fsp3) is 0.267. The minimum atomic E-state index is -4.33. The van der Waals surface area contributed by atoms with Crippen molar-refractivity contribution >= 4 is 15.9 Å². The molecule has 0 fully saturated rings. The molecule has 0 saturated heterocycles. The number of nitrogens with one attached hydrogen (secondary N) is 1. The van der Waals surface area contributed by atoms with Gasteiger partial charge in [-0.15, -0.1) is 0 Å². The number of rotatable bonds is 4. The van der Waals surface area contributed by atoms with Gasteiger partial charge in [0, 0.05) is 28.8 Å². The molecule has 0 spiro atoms. The zero-order valence-electron chi connectivity index (χ0n) is 11.3. The summed E-state index contributed by atoms with van der Waals surface area (Å²) in [4.78, 5) is 4.25. The molecule has 2 nitrogen and oxygen atoms in total. The van der Waals surface area contributed by atoms with Crippen molar-refractivity contribution < 1.29 is 13.2 Å². The van der Waals surface area contributed by atoms with Gasteiger partial charge in [0.1, 0.15) is 0 Å². The number of benzene rings is 1. The van der Waals surface area contributed by atoms with E-state index in [1.807, 2.05) is 12.1 Å². The van der Waals surface area contributed by atoms with E-state index in [1.54, 1.807) is 19.3 Å². The summed E-state index contributed by atoms with van der Waals surface area (Å²) in [5, 5.41) is 3.04.